The molecule has 100 valence electrons. The number of rotatable bonds is 2. The highest BCUT2D eigenvalue weighted by molar-refractivity contribution is 9.13. The fourth-order valence-corrected chi connectivity index (χ4v) is 2.75. The second-order valence-corrected chi connectivity index (χ2v) is 6.06. The Morgan fingerprint density at radius 2 is 2.11 bits per heavy atom. The molecule has 2 aromatic rings. The van der Waals surface area contributed by atoms with Crippen LogP contribution in [0, 0.1) is 0 Å². The van der Waals surface area contributed by atoms with E-state index in [1.54, 1.807) is 6.20 Å². The van der Waals surface area contributed by atoms with Crippen molar-refractivity contribution in [2.24, 2.45) is 0 Å². The third kappa shape index (κ3) is 2.38. The highest BCUT2D eigenvalue weighted by Gasteiger charge is 2.17. The lowest BCUT2D eigenvalue weighted by Gasteiger charge is -2.14. The van der Waals surface area contributed by atoms with E-state index in [9.17, 15) is 4.79 Å². The molecule has 1 aliphatic rings. The zero-order chi connectivity index (χ0) is 13.4. The number of aryl methyl sites for hydroxylation is 1. The van der Waals surface area contributed by atoms with E-state index in [0.29, 0.717) is 15.5 Å². The van der Waals surface area contributed by atoms with E-state index in [2.05, 4.69) is 51.7 Å². The standard InChI is InChI=1S/C11H11Br2N5O/c12-7-5-14-18(11(19)10(7)13)6-9-16-15-8-3-1-2-4-17(8)9/h5H,1-4,6H2. The predicted molar refractivity (Wildman–Crippen MR) is 76.0 cm³/mol. The summed E-state index contributed by atoms with van der Waals surface area (Å²) in [6, 6.07) is 0. The van der Waals surface area contributed by atoms with Crippen LogP contribution >= 0.6 is 31.9 Å². The molecule has 0 aromatic carbocycles. The summed E-state index contributed by atoms with van der Waals surface area (Å²) in [5.74, 6) is 1.80. The topological polar surface area (TPSA) is 65.6 Å². The Morgan fingerprint density at radius 3 is 2.95 bits per heavy atom. The minimum atomic E-state index is -0.178. The van der Waals surface area contributed by atoms with E-state index < -0.39 is 0 Å². The summed E-state index contributed by atoms with van der Waals surface area (Å²) in [4.78, 5) is 12.1. The summed E-state index contributed by atoms with van der Waals surface area (Å²) in [5.41, 5.74) is -0.178. The first-order chi connectivity index (χ1) is 9.16. The molecule has 0 aliphatic carbocycles. The van der Waals surface area contributed by atoms with E-state index in [4.69, 9.17) is 0 Å². The number of hydrogen-bond donors (Lipinski definition) is 0. The highest BCUT2D eigenvalue weighted by atomic mass is 79.9. The lowest BCUT2D eigenvalue weighted by Crippen LogP contribution is -2.26. The van der Waals surface area contributed by atoms with Crippen molar-refractivity contribution < 1.29 is 0 Å². The number of halogens is 2. The van der Waals surface area contributed by atoms with Gasteiger partial charge < -0.3 is 4.57 Å². The summed E-state index contributed by atoms with van der Waals surface area (Å²) in [6.45, 7) is 1.27. The number of aromatic nitrogens is 5. The van der Waals surface area contributed by atoms with Crippen molar-refractivity contribution in [3.8, 4) is 0 Å². The van der Waals surface area contributed by atoms with Gasteiger partial charge in [-0.15, -0.1) is 10.2 Å². The Hall–Kier alpha value is -1.02. The van der Waals surface area contributed by atoms with E-state index in [0.717, 1.165) is 37.5 Å². The largest absolute Gasteiger partial charge is 0.313 e. The summed E-state index contributed by atoms with van der Waals surface area (Å²) in [7, 11) is 0. The van der Waals surface area contributed by atoms with Crippen molar-refractivity contribution in [1.82, 2.24) is 24.5 Å². The Morgan fingerprint density at radius 1 is 1.26 bits per heavy atom. The second kappa shape index (κ2) is 5.16. The maximum atomic E-state index is 12.1. The lowest BCUT2D eigenvalue weighted by atomic mass is 10.2. The van der Waals surface area contributed by atoms with Crippen LogP contribution in [0.2, 0.25) is 0 Å². The first-order valence-electron chi connectivity index (χ1n) is 5.99. The van der Waals surface area contributed by atoms with E-state index >= 15 is 0 Å². The maximum absolute atomic E-state index is 12.1. The summed E-state index contributed by atoms with van der Waals surface area (Å²) in [5, 5.41) is 12.5. The van der Waals surface area contributed by atoms with Gasteiger partial charge in [0.05, 0.1) is 10.7 Å². The van der Waals surface area contributed by atoms with E-state index in [1.165, 1.54) is 4.68 Å². The molecule has 19 heavy (non-hydrogen) atoms. The van der Waals surface area contributed by atoms with Crippen LogP contribution in [-0.4, -0.2) is 24.5 Å². The monoisotopic (exact) mass is 387 g/mol. The van der Waals surface area contributed by atoms with Gasteiger partial charge in [0.15, 0.2) is 5.82 Å². The van der Waals surface area contributed by atoms with Crippen molar-refractivity contribution in [2.75, 3.05) is 0 Å². The van der Waals surface area contributed by atoms with Crippen molar-refractivity contribution >= 4 is 31.9 Å². The van der Waals surface area contributed by atoms with Crippen molar-refractivity contribution in [1.29, 1.82) is 0 Å². The first-order valence-corrected chi connectivity index (χ1v) is 7.57. The number of hydrogen-bond acceptors (Lipinski definition) is 4. The molecule has 6 nitrogen and oxygen atoms in total. The number of nitrogens with zero attached hydrogens (tertiary/aromatic N) is 5. The third-order valence-electron chi connectivity index (χ3n) is 3.17. The van der Waals surface area contributed by atoms with Crippen LogP contribution < -0.4 is 5.56 Å². The predicted octanol–water partition coefficient (Wildman–Crippen LogP) is 1.74. The van der Waals surface area contributed by atoms with Crippen LogP contribution in [0.3, 0.4) is 0 Å². The zero-order valence-corrected chi connectivity index (χ0v) is 13.2. The van der Waals surface area contributed by atoms with Gasteiger partial charge in [-0.05, 0) is 44.7 Å². The molecule has 0 spiro atoms. The Labute approximate surface area is 126 Å². The third-order valence-corrected chi connectivity index (χ3v) is 5.07. The molecule has 8 heteroatoms. The van der Waals surface area contributed by atoms with Gasteiger partial charge in [0.2, 0.25) is 0 Å². The summed E-state index contributed by atoms with van der Waals surface area (Å²) >= 11 is 6.51. The molecule has 3 heterocycles. The molecule has 0 N–H and O–H groups in total. The van der Waals surface area contributed by atoms with Gasteiger partial charge >= 0.3 is 0 Å². The normalized spacial score (nSPS) is 14.4. The van der Waals surface area contributed by atoms with Gasteiger partial charge in [-0.2, -0.15) is 5.10 Å². The quantitative estimate of drug-likeness (QED) is 0.785. The molecule has 0 amide bonds. The molecule has 0 radical (unpaired) electrons. The average molecular weight is 389 g/mol. The SMILES string of the molecule is O=c1c(Br)c(Br)cnn1Cc1nnc2n1CCCC2. The highest BCUT2D eigenvalue weighted by Crippen LogP contribution is 2.17. The van der Waals surface area contributed by atoms with Crippen LogP contribution in [0.5, 0.6) is 0 Å². The average Bonchev–Trinajstić information content (AvgIpc) is 2.83. The van der Waals surface area contributed by atoms with Gasteiger partial charge in [0.25, 0.3) is 5.56 Å². The fourth-order valence-electron chi connectivity index (χ4n) is 2.18. The first kappa shape index (κ1) is 13.0. The molecule has 0 saturated heterocycles. The van der Waals surface area contributed by atoms with Crippen LogP contribution in [0.15, 0.2) is 19.9 Å². The van der Waals surface area contributed by atoms with Gasteiger partial charge in [0, 0.05) is 13.0 Å². The smallest absolute Gasteiger partial charge is 0.282 e. The van der Waals surface area contributed by atoms with Gasteiger partial charge in [0.1, 0.15) is 16.8 Å². The minimum absolute atomic E-state index is 0.178. The Kier molecular flexibility index (Phi) is 3.53. The van der Waals surface area contributed by atoms with Crippen molar-refractivity contribution in [3.63, 3.8) is 0 Å². The Balaban J connectivity index is 1.96. The van der Waals surface area contributed by atoms with Gasteiger partial charge in [-0.1, -0.05) is 0 Å². The maximum Gasteiger partial charge on any atom is 0.282 e. The van der Waals surface area contributed by atoms with Crippen LogP contribution in [0.4, 0.5) is 0 Å². The van der Waals surface area contributed by atoms with Crippen molar-refractivity contribution in [3.05, 3.63) is 37.1 Å². The lowest BCUT2D eigenvalue weighted by molar-refractivity contribution is 0.491. The van der Waals surface area contributed by atoms with Crippen LogP contribution in [0.25, 0.3) is 0 Å². The molecule has 2 aromatic heterocycles. The molecule has 1 aliphatic heterocycles. The molecular weight excluding hydrogens is 378 g/mol. The van der Waals surface area contributed by atoms with E-state index in [-0.39, 0.29) is 5.56 Å². The zero-order valence-electron chi connectivity index (χ0n) is 10.0. The molecule has 3 rings (SSSR count). The molecule has 0 saturated carbocycles. The Bertz CT molecular complexity index is 678. The molecule has 0 unspecified atom stereocenters. The van der Waals surface area contributed by atoms with E-state index in [1.807, 2.05) is 0 Å². The second-order valence-electron chi connectivity index (χ2n) is 4.41. The molecule has 0 atom stereocenters. The minimum Gasteiger partial charge on any atom is -0.313 e. The van der Waals surface area contributed by atoms with Crippen LogP contribution in [-0.2, 0) is 19.5 Å². The molecule has 0 bridgehead atoms. The van der Waals surface area contributed by atoms with Gasteiger partial charge in [-0.3, -0.25) is 4.79 Å². The van der Waals surface area contributed by atoms with Crippen LogP contribution in [0.1, 0.15) is 24.5 Å². The molecular formula is C11H11Br2N5O. The van der Waals surface area contributed by atoms with Gasteiger partial charge in [-0.25, -0.2) is 4.68 Å². The van der Waals surface area contributed by atoms with Crippen molar-refractivity contribution in [2.45, 2.75) is 32.4 Å². The fraction of sp³-hybridized carbons (Fsp3) is 0.455. The number of fused-ring (bicyclic) bond motifs is 1. The summed E-state index contributed by atoms with van der Waals surface area (Å²) in [6.07, 6.45) is 4.84. The summed E-state index contributed by atoms with van der Waals surface area (Å²) < 4.78 is 4.60. The molecule has 0 fully saturated rings.